The molecule has 0 spiro atoms. The van der Waals surface area contributed by atoms with E-state index in [4.69, 9.17) is 16.7 Å². The van der Waals surface area contributed by atoms with E-state index in [1.807, 2.05) is 31.2 Å². The Morgan fingerprint density at radius 1 is 1.21 bits per heavy atom. The smallest absolute Gasteiger partial charge is 0.229 e. The average molecular weight is 452 g/mol. The fourth-order valence-corrected chi connectivity index (χ4v) is 5.88. The molecule has 0 unspecified atom stereocenters. The van der Waals surface area contributed by atoms with Gasteiger partial charge in [0.1, 0.15) is 5.82 Å². The number of rotatable bonds is 2. The molecule has 0 aliphatic heterocycles. The highest BCUT2D eigenvalue weighted by molar-refractivity contribution is 6.00. The van der Waals surface area contributed by atoms with E-state index in [0.717, 1.165) is 28.7 Å². The summed E-state index contributed by atoms with van der Waals surface area (Å²) in [4.78, 5) is 24.5. The molecule has 2 heterocycles. The Balaban J connectivity index is 1.68. The quantitative estimate of drug-likeness (QED) is 0.415. The summed E-state index contributed by atoms with van der Waals surface area (Å²) in [6.45, 7) is 11.6. The second kappa shape index (κ2) is 7.22. The van der Waals surface area contributed by atoms with Crippen molar-refractivity contribution in [2.24, 2.45) is 11.8 Å². The van der Waals surface area contributed by atoms with Crippen molar-refractivity contribution in [3.05, 3.63) is 88.8 Å². The Morgan fingerprint density at radius 3 is 2.74 bits per heavy atom. The van der Waals surface area contributed by atoms with Gasteiger partial charge in [-0.1, -0.05) is 44.2 Å². The van der Waals surface area contributed by atoms with Crippen LogP contribution in [0.5, 0.6) is 0 Å². The molecule has 7 heteroatoms. The fourth-order valence-electron chi connectivity index (χ4n) is 5.88. The molecule has 3 atom stereocenters. The molecular formula is C27H22FN5O. The Morgan fingerprint density at radius 2 is 1.97 bits per heavy atom. The zero-order valence-electron chi connectivity index (χ0n) is 18.8. The van der Waals surface area contributed by atoms with Gasteiger partial charge in [0.15, 0.2) is 5.78 Å². The van der Waals surface area contributed by atoms with Crippen molar-refractivity contribution in [1.29, 1.82) is 0 Å². The topological polar surface area (TPSA) is 67.9 Å². The molecule has 2 aliphatic carbocycles. The summed E-state index contributed by atoms with van der Waals surface area (Å²) < 4.78 is 16.7. The molecule has 0 fully saturated rings. The lowest BCUT2D eigenvalue weighted by Gasteiger charge is -2.45. The van der Waals surface area contributed by atoms with Crippen molar-refractivity contribution in [2.75, 3.05) is 0 Å². The number of H-pyrrole nitrogens is 1. The molecule has 0 bridgehead atoms. The predicted molar refractivity (Wildman–Crippen MR) is 127 cm³/mol. The summed E-state index contributed by atoms with van der Waals surface area (Å²) in [5, 5.41) is 4.91. The SMILES string of the molecule is [C-]#[N+]C1=C[C@@]2(C)c3c(c(-c4ccccc4F)nn3-c3nc4ccccc4[nH]3)CC[C@@H]2[C@@H](C)C1=O. The fraction of sp³-hybridized carbons (Fsp3) is 0.259. The predicted octanol–water partition coefficient (Wildman–Crippen LogP) is 5.40. The van der Waals surface area contributed by atoms with Crippen LogP contribution in [0.4, 0.5) is 4.39 Å². The lowest BCUT2D eigenvalue weighted by atomic mass is 9.58. The van der Waals surface area contributed by atoms with Crippen molar-refractivity contribution in [3.63, 3.8) is 0 Å². The third kappa shape index (κ3) is 2.75. The first-order valence-corrected chi connectivity index (χ1v) is 11.4. The molecule has 2 aromatic carbocycles. The van der Waals surface area contributed by atoms with Gasteiger partial charge in [-0.25, -0.2) is 18.9 Å². The van der Waals surface area contributed by atoms with E-state index < -0.39 is 5.41 Å². The Bertz CT molecular complexity index is 1520. The minimum absolute atomic E-state index is 0.00583. The van der Waals surface area contributed by atoms with E-state index in [2.05, 4.69) is 16.8 Å². The Labute approximate surface area is 196 Å². The third-order valence-electron chi connectivity index (χ3n) is 7.50. The molecule has 2 aromatic heterocycles. The van der Waals surface area contributed by atoms with Crippen molar-refractivity contribution in [1.82, 2.24) is 19.7 Å². The second-order valence-electron chi connectivity index (χ2n) is 9.37. The molecule has 34 heavy (non-hydrogen) atoms. The number of halogens is 1. The number of Topliss-reactive ketones (excluding diaryl/α,β-unsaturated/α-hetero) is 1. The van der Waals surface area contributed by atoms with Gasteiger partial charge in [-0.05, 0) is 43.0 Å². The highest BCUT2D eigenvalue weighted by Gasteiger charge is 2.51. The van der Waals surface area contributed by atoms with E-state index >= 15 is 0 Å². The number of hydrogen-bond donors (Lipinski definition) is 1. The molecule has 4 aromatic rings. The minimum Gasteiger partial charge on any atom is -0.322 e. The standard InChI is InChI=1S/C27H22FN5O/c1-15-18-13-12-17-23(16-8-4-5-9-19(16)28)32-33(26-30-20-10-6-7-11-21(20)31-26)25(17)27(18,2)14-22(29-3)24(15)34/h4-11,14-15,18H,12-13H2,1-2H3,(H,30,31)/t15-,18-,27-/m1/s1. The van der Waals surface area contributed by atoms with Gasteiger partial charge in [-0.2, -0.15) is 5.10 Å². The minimum atomic E-state index is -0.629. The summed E-state index contributed by atoms with van der Waals surface area (Å²) in [5.74, 6) is -0.194. The van der Waals surface area contributed by atoms with Gasteiger partial charge in [0.2, 0.25) is 11.6 Å². The van der Waals surface area contributed by atoms with Gasteiger partial charge >= 0.3 is 0 Å². The lowest BCUT2D eigenvalue weighted by molar-refractivity contribution is -0.121. The number of aromatic amines is 1. The van der Waals surface area contributed by atoms with Crippen LogP contribution in [0.15, 0.2) is 60.3 Å². The highest BCUT2D eigenvalue weighted by Crippen LogP contribution is 2.52. The monoisotopic (exact) mass is 451 g/mol. The zero-order chi connectivity index (χ0) is 23.6. The number of ketones is 1. The van der Waals surface area contributed by atoms with Crippen molar-refractivity contribution < 1.29 is 9.18 Å². The molecule has 0 saturated heterocycles. The molecule has 168 valence electrons. The number of fused-ring (bicyclic) bond motifs is 4. The third-order valence-corrected chi connectivity index (χ3v) is 7.50. The number of carbonyl (C=O) groups is 1. The van der Waals surface area contributed by atoms with E-state index in [9.17, 15) is 9.18 Å². The first kappa shape index (κ1) is 20.5. The number of nitrogens with zero attached hydrogens (tertiary/aromatic N) is 4. The first-order chi connectivity index (χ1) is 16.4. The molecule has 0 saturated carbocycles. The molecule has 0 amide bonds. The number of imidazole rings is 1. The number of carbonyl (C=O) groups excluding carboxylic acids is 1. The maximum Gasteiger partial charge on any atom is 0.229 e. The normalized spacial score (nSPS) is 23.8. The lowest BCUT2D eigenvalue weighted by Crippen LogP contribution is -2.46. The maximum absolute atomic E-state index is 14.9. The number of allylic oxidation sites excluding steroid dienone is 2. The number of nitrogens with one attached hydrogen (secondary N) is 1. The molecule has 6 nitrogen and oxygen atoms in total. The van der Waals surface area contributed by atoms with E-state index in [1.54, 1.807) is 29.0 Å². The van der Waals surface area contributed by atoms with Gasteiger partial charge in [-0.3, -0.25) is 0 Å². The van der Waals surface area contributed by atoms with E-state index in [-0.39, 0.29) is 29.1 Å². The zero-order valence-corrected chi connectivity index (χ0v) is 18.8. The molecule has 6 rings (SSSR count). The van der Waals surface area contributed by atoms with Crippen LogP contribution in [0.2, 0.25) is 0 Å². The van der Waals surface area contributed by atoms with Gasteiger partial charge < -0.3 is 9.78 Å². The summed E-state index contributed by atoms with van der Waals surface area (Å²) in [5.41, 5.74) is 4.01. The van der Waals surface area contributed by atoms with Crippen LogP contribution in [0.3, 0.4) is 0 Å². The van der Waals surface area contributed by atoms with Crippen LogP contribution in [0.1, 0.15) is 31.5 Å². The van der Waals surface area contributed by atoms with Crippen LogP contribution in [-0.4, -0.2) is 25.5 Å². The van der Waals surface area contributed by atoms with Crippen LogP contribution < -0.4 is 0 Å². The van der Waals surface area contributed by atoms with Gasteiger partial charge in [-0.15, -0.1) is 0 Å². The largest absolute Gasteiger partial charge is 0.322 e. The molecule has 2 aliphatic rings. The first-order valence-electron chi connectivity index (χ1n) is 11.4. The summed E-state index contributed by atoms with van der Waals surface area (Å²) >= 11 is 0. The van der Waals surface area contributed by atoms with Crippen molar-refractivity contribution in [2.45, 2.75) is 32.1 Å². The highest BCUT2D eigenvalue weighted by atomic mass is 19.1. The number of benzene rings is 2. The Hall–Kier alpha value is -4.05. The van der Waals surface area contributed by atoms with Gasteiger partial charge in [0, 0.05) is 22.5 Å². The summed E-state index contributed by atoms with van der Waals surface area (Å²) in [7, 11) is 0. The van der Waals surface area contributed by atoms with Crippen molar-refractivity contribution in [3.8, 4) is 17.2 Å². The number of hydrogen-bond acceptors (Lipinski definition) is 3. The summed E-state index contributed by atoms with van der Waals surface area (Å²) in [6, 6.07) is 14.4. The number of para-hydroxylation sites is 2. The molecule has 0 radical (unpaired) electrons. The summed E-state index contributed by atoms with van der Waals surface area (Å²) in [6.07, 6.45) is 3.22. The Kier molecular flexibility index (Phi) is 4.37. The second-order valence-corrected chi connectivity index (χ2v) is 9.37. The van der Waals surface area contributed by atoms with Crippen LogP contribution >= 0.6 is 0 Å². The van der Waals surface area contributed by atoms with Crippen LogP contribution in [0.25, 0.3) is 33.1 Å². The number of aromatic nitrogens is 4. The molecule has 1 N–H and O–H groups in total. The van der Waals surface area contributed by atoms with Gasteiger partial charge in [0.05, 0.1) is 29.0 Å². The average Bonchev–Trinajstić information content (AvgIpc) is 3.44. The van der Waals surface area contributed by atoms with E-state index in [0.29, 0.717) is 23.6 Å². The van der Waals surface area contributed by atoms with Crippen LogP contribution in [0, 0.1) is 24.2 Å². The maximum atomic E-state index is 14.9. The molecular weight excluding hydrogens is 429 g/mol. The van der Waals surface area contributed by atoms with Gasteiger partial charge in [0.25, 0.3) is 0 Å². The van der Waals surface area contributed by atoms with Crippen molar-refractivity contribution >= 4 is 16.8 Å². The van der Waals surface area contributed by atoms with Crippen LogP contribution in [-0.2, 0) is 16.6 Å². The van der Waals surface area contributed by atoms with E-state index in [1.165, 1.54) is 6.07 Å².